The zero-order valence-corrected chi connectivity index (χ0v) is 18.1. The quantitative estimate of drug-likeness (QED) is 0.359. The number of aromatic nitrogens is 2. The Morgan fingerprint density at radius 2 is 1.76 bits per heavy atom. The van der Waals surface area contributed by atoms with Crippen molar-refractivity contribution in [3.05, 3.63) is 101 Å². The molecule has 0 saturated carbocycles. The van der Waals surface area contributed by atoms with Crippen molar-refractivity contribution < 1.29 is 4.42 Å². The molecule has 0 atom stereocenters. The van der Waals surface area contributed by atoms with Crippen LogP contribution in [0.25, 0.3) is 5.57 Å². The Morgan fingerprint density at radius 3 is 2.39 bits per heavy atom. The lowest BCUT2D eigenvalue weighted by Crippen LogP contribution is -2.03. The van der Waals surface area contributed by atoms with Gasteiger partial charge in [0.1, 0.15) is 11.6 Å². The fraction of sp³-hybridized carbons (Fsp3) is 0.0769. The maximum atomic E-state index is 9.23. The minimum absolute atomic E-state index is 0.439. The van der Waals surface area contributed by atoms with Gasteiger partial charge >= 0.3 is 0 Å². The summed E-state index contributed by atoms with van der Waals surface area (Å²) >= 11 is 0. The third kappa shape index (κ3) is 4.90. The Labute approximate surface area is 191 Å². The summed E-state index contributed by atoms with van der Waals surface area (Å²) in [6, 6.07) is 20.7. The van der Waals surface area contributed by atoms with Gasteiger partial charge < -0.3 is 15.1 Å². The first kappa shape index (κ1) is 21.4. The first-order valence-electron chi connectivity index (χ1n) is 10.2. The number of anilines is 4. The first-order chi connectivity index (χ1) is 16.1. The molecule has 160 valence electrons. The van der Waals surface area contributed by atoms with Crippen molar-refractivity contribution >= 4 is 28.7 Å². The highest BCUT2D eigenvalue weighted by Crippen LogP contribution is 2.31. The number of aryl methyl sites for hydroxylation is 2. The molecular formula is C26H20N6O. The number of allylic oxidation sites excluding steroid dienone is 1. The summed E-state index contributed by atoms with van der Waals surface area (Å²) in [6.45, 7) is 4.00. The molecule has 0 saturated heterocycles. The van der Waals surface area contributed by atoms with E-state index in [2.05, 4.69) is 32.7 Å². The normalized spacial score (nSPS) is 10.8. The molecule has 0 bridgehead atoms. The van der Waals surface area contributed by atoms with Gasteiger partial charge in [-0.15, -0.1) is 0 Å². The van der Waals surface area contributed by atoms with E-state index in [-0.39, 0.29) is 0 Å². The van der Waals surface area contributed by atoms with Crippen molar-refractivity contribution in [2.75, 3.05) is 10.6 Å². The highest BCUT2D eigenvalue weighted by Gasteiger charge is 2.13. The molecule has 2 heterocycles. The summed E-state index contributed by atoms with van der Waals surface area (Å²) in [6.07, 6.45) is 4.76. The molecule has 4 rings (SSSR count). The second-order valence-electron chi connectivity index (χ2n) is 7.35. The molecule has 4 aromatic rings. The molecule has 0 unspecified atom stereocenters. The van der Waals surface area contributed by atoms with Crippen molar-refractivity contribution in [3.8, 4) is 12.1 Å². The lowest BCUT2D eigenvalue weighted by Gasteiger charge is -2.15. The Hall–Kier alpha value is -4.88. The molecule has 33 heavy (non-hydrogen) atoms. The van der Waals surface area contributed by atoms with Gasteiger partial charge in [-0.1, -0.05) is 0 Å². The molecule has 0 radical (unpaired) electrons. The van der Waals surface area contributed by atoms with E-state index in [4.69, 9.17) is 9.68 Å². The number of rotatable bonds is 6. The van der Waals surface area contributed by atoms with Crippen LogP contribution >= 0.6 is 0 Å². The molecule has 0 aliphatic heterocycles. The summed E-state index contributed by atoms with van der Waals surface area (Å²) in [5, 5.41) is 24.7. The van der Waals surface area contributed by atoms with Gasteiger partial charge in [0, 0.05) is 29.2 Å². The lowest BCUT2D eigenvalue weighted by molar-refractivity contribution is 0.554. The van der Waals surface area contributed by atoms with E-state index < -0.39 is 0 Å². The van der Waals surface area contributed by atoms with Crippen LogP contribution in [0.1, 0.15) is 28.0 Å². The van der Waals surface area contributed by atoms with Crippen LogP contribution in [0.5, 0.6) is 0 Å². The summed E-state index contributed by atoms with van der Waals surface area (Å²) in [4.78, 5) is 8.82. The Balaban J connectivity index is 1.58. The number of hydrogen-bond acceptors (Lipinski definition) is 7. The summed E-state index contributed by atoms with van der Waals surface area (Å²) in [7, 11) is 0. The molecule has 0 aliphatic rings. The molecule has 0 spiro atoms. The summed E-state index contributed by atoms with van der Waals surface area (Å²) < 4.78 is 5.51. The average molecular weight is 432 g/mol. The van der Waals surface area contributed by atoms with E-state index in [0.29, 0.717) is 23.1 Å². The van der Waals surface area contributed by atoms with Crippen LogP contribution in [-0.4, -0.2) is 9.97 Å². The standard InChI is InChI=1S/C26H20N6O/c1-17-14-20(22(9-11-27)23-4-3-13-33-23)15-18(2)25(17)31-24-10-12-29-26(32-24)30-21-7-5-19(16-28)6-8-21/h3-10,12-15H,1-2H3,(H2,29,30,31,32). The topological polar surface area (TPSA) is 111 Å². The van der Waals surface area contributed by atoms with Crippen LogP contribution in [0.2, 0.25) is 0 Å². The van der Waals surface area contributed by atoms with Crippen LogP contribution in [0.4, 0.5) is 23.1 Å². The Kier molecular flexibility index (Phi) is 6.15. The van der Waals surface area contributed by atoms with Crippen molar-refractivity contribution in [2.24, 2.45) is 0 Å². The predicted molar refractivity (Wildman–Crippen MR) is 127 cm³/mol. The van der Waals surface area contributed by atoms with E-state index in [1.807, 2.05) is 32.0 Å². The van der Waals surface area contributed by atoms with Gasteiger partial charge in [-0.2, -0.15) is 15.5 Å². The molecule has 2 aromatic carbocycles. The smallest absolute Gasteiger partial charge is 0.229 e. The number of benzene rings is 2. The van der Waals surface area contributed by atoms with Crippen LogP contribution < -0.4 is 10.6 Å². The minimum Gasteiger partial charge on any atom is -0.464 e. The van der Waals surface area contributed by atoms with E-state index in [0.717, 1.165) is 33.6 Å². The van der Waals surface area contributed by atoms with Gasteiger partial charge in [0.25, 0.3) is 0 Å². The largest absolute Gasteiger partial charge is 0.464 e. The molecule has 7 nitrogen and oxygen atoms in total. The molecular weight excluding hydrogens is 412 g/mol. The first-order valence-corrected chi connectivity index (χ1v) is 10.2. The SMILES string of the molecule is Cc1cc(C(=CC#N)c2ccco2)cc(C)c1Nc1ccnc(Nc2ccc(C#N)cc2)n1. The third-order valence-corrected chi connectivity index (χ3v) is 5.02. The van der Waals surface area contributed by atoms with Crippen LogP contribution in [0.3, 0.4) is 0 Å². The van der Waals surface area contributed by atoms with Gasteiger partial charge in [0.05, 0.1) is 24.0 Å². The summed E-state index contributed by atoms with van der Waals surface area (Å²) in [5.41, 5.74) is 5.94. The number of nitriles is 2. The predicted octanol–water partition coefficient (Wildman–Crippen LogP) is 6.00. The number of furan rings is 1. The van der Waals surface area contributed by atoms with E-state index in [1.54, 1.807) is 48.9 Å². The van der Waals surface area contributed by atoms with Crippen LogP contribution in [0, 0.1) is 36.5 Å². The molecule has 2 aromatic heterocycles. The highest BCUT2D eigenvalue weighted by atomic mass is 16.3. The van der Waals surface area contributed by atoms with Crippen molar-refractivity contribution in [2.45, 2.75) is 13.8 Å². The van der Waals surface area contributed by atoms with Crippen molar-refractivity contribution in [3.63, 3.8) is 0 Å². The van der Waals surface area contributed by atoms with Gasteiger partial charge in [0.2, 0.25) is 5.95 Å². The molecule has 0 fully saturated rings. The fourth-order valence-corrected chi connectivity index (χ4v) is 3.48. The van der Waals surface area contributed by atoms with Gasteiger partial charge in [-0.3, -0.25) is 0 Å². The van der Waals surface area contributed by atoms with Crippen molar-refractivity contribution in [1.82, 2.24) is 9.97 Å². The maximum absolute atomic E-state index is 9.23. The number of nitrogens with one attached hydrogen (secondary N) is 2. The molecule has 2 N–H and O–H groups in total. The Bertz CT molecular complexity index is 1370. The summed E-state index contributed by atoms with van der Waals surface area (Å²) in [5.74, 6) is 1.72. The van der Waals surface area contributed by atoms with E-state index >= 15 is 0 Å². The van der Waals surface area contributed by atoms with E-state index in [1.165, 1.54) is 6.08 Å². The molecule has 0 aliphatic carbocycles. The minimum atomic E-state index is 0.439. The number of nitrogens with zero attached hydrogens (tertiary/aromatic N) is 4. The van der Waals surface area contributed by atoms with Gasteiger partial charge in [-0.25, -0.2) is 4.98 Å². The average Bonchev–Trinajstić information content (AvgIpc) is 3.35. The second-order valence-corrected chi connectivity index (χ2v) is 7.35. The second kappa shape index (κ2) is 9.51. The zero-order valence-electron chi connectivity index (χ0n) is 18.1. The maximum Gasteiger partial charge on any atom is 0.229 e. The molecule has 0 amide bonds. The Morgan fingerprint density at radius 1 is 1.00 bits per heavy atom. The van der Waals surface area contributed by atoms with Crippen LogP contribution in [-0.2, 0) is 0 Å². The molecule has 7 heteroatoms. The monoisotopic (exact) mass is 432 g/mol. The third-order valence-electron chi connectivity index (χ3n) is 5.02. The van der Waals surface area contributed by atoms with Gasteiger partial charge in [-0.05, 0) is 85.1 Å². The van der Waals surface area contributed by atoms with Gasteiger partial charge in [0.15, 0.2) is 0 Å². The van der Waals surface area contributed by atoms with Crippen molar-refractivity contribution in [1.29, 1.82) is 10.5 Å². The van der Waals surface area contributed by atoms with Crippen LogP contribution in [0.15, 0.2) is 77.6 Å². The highest BCUT2D eigenvalue weighted by molar-refractivity contribution is 5.81. The fourth-order valence-electron chi connectivity index (χ4n) is 3.48. The number of hydrogen-bond donors (Lipinski definition) is 2. The van der Waals surface area contributed by atoms with E-state index in [9.17, 15) is 5.26 Å². The zero-order chi connectivity index (χ0) is 23.2. The lowest BCUT2D eigenvalue weighted by atomic mass is 9.97.